The van der Waals surface area contributed by atoms with Crippen LogP contribution in [0.3, 0.4) is 0 Å². The van der Waals surface area contributed by atoms with Gasteiger partial charge in [0, 0.05) is 18.2 Å². The average molecular weight is 405 g/mol. The number of ether oxygens (including phenoxy) is 1. The molecule has 2 aromatic carbocycles. The summed E-state index contributed by atoms with van der Waals surface area (Å²) >= 11 is 0. The number of nitrogens with zero attached hydrogens (tertiary/aromatic N) is 1. The number of halogens is 1. The van der Waals surface area contributed by atoms with Gasteiger partial charge >= 0.3 is 0 Å². The van der Waals surface area contributed by atoms with Gasteiger partial charge in [-0.15, -0.1) is 0 Å². The second-order valence-corrected chi connectivity index (χ2v) is 9.22. The average Bonchev–Trinajstić information content (AvgIpc) is 3.05. The van der Waals surface area contributed by atoms with Crippen molar-refractivity contribution in [2.45, 2.75) is 32.4 Å². The molecule has 0 spiro atoms. The first-order valence-corrected chi connectivity index (χ1v) is 11.2. The normalized spacial score (nSPS) is 18.0. The zero-order valence-corrected chi connectivity index (χ0v) is 16.6. The molecule has 1 atom stereocenters. The predicted molar refractivity (Wildman–Crippen MR) is 106 cm³/mol. The van der Waals surface area contributed by atoms with Crippen LogP contribution in [-0.2, 0) is 16.4 Å². The molecular weight excluding hydrogens is 381 g/mol. The van der Waals surface area contributed by atoms with Crippen LogP contribution in [0.4, 0.5) is 4.39 Å². The van der Waals surface area contributed by atoms with Crippen molar-refractivity contribution < 1.29 is 22.3 Å². The molecule has 0 N–H and O–H groups in total. The fourth-order valence-electron chi connectivity index (χ4n) is 3.25. The highest BCUT2D eigenvalue weighted by molar-refractivity contribution is 7.91. The van der Waals surface area contributed by atoms with Gasteiger partial charge < -0.3 is 9.64 Å². The minimum absolute atomic E-state index is 0.0440. The standard InChI is InChI=1S/C21H24FNO4S/c1-2-12-27-20-9-5-17(6-10-20)21(24)23(19-11-13-28(25,26)15-19)14-16-3-7-18(22)8-4-16/h3-10,19H,2,11-15H2,1H3. The molecule has 1 fully saturated rings. The highest BCUT2D eigenvalue weighted by atomic mass is 32.2. The minimum atomic E-state index is -3.15. The van der Waals surface area contributed by atoms with Gasteiger partial charge in [0.2, 0.25) is 0 Å². The van der Waals surface area contributed by atoms with E-state index in [1.807, 2.05) is 6.92 Å². The molecule has 2 aromatic rings. The Kier molecular flexibility index (Phi) is 6.34. The minimum Gasteiger partial charge on any atom is -0.494 e. The summed E-state index contributed by atoms with van der Waals surface area (Å²) in [5, 5.41) is 0. The van der Waals surface area contributed by atoms with Gasteiger partial charge in [-0.05, 0) is 54.8 Å². The van der Waals surface area contributed by atoms with E-state index in [9.17, 15) is 17.6 Å². The van der Waals surface area contributed by atoms with Crippen LogP contribution in [0.25, 0.3) is 0 Å². The zero-order chi connectivity index (χ0) is 20.1. The number of rotatable bonds is 7. The predicted octanol–water partition coefficient (Wildman–Crippen LogP) is 3.44. The van der Waals surface area contributed by atoms with Crippen molar-refractivity contribution in [3.63, 3.8) is 0 Å². The number of hydrogen-bond donors (Lipinski definition) is 0. The summed E-state index contributed by atoms with van der Waals surface area (Å²) in [5.41, 5.74) is 1.22. The molecule has 1 aliphatic rings. The van der Waals surface area contributed by atoms with E-state index in [4.69, 9.17) is 4.74 Å². The highest BCUT2D eigenvalue weighted by Crippen LogP contribution is 2.23. The Balaban J connectivity index is 1.82. The summed E-state index contributed by atoms with van der Waals surface area (Å²) in [4.78, 5) is 14.7. The summed E-state index contributed by atoms with van der Waals surface area (Å²) in [6.45, 7) is 2.85. The topological polar surface area (TPSA) is 63.7 Å². The maximum atomic E-state index is 13.2. The first-order chi connectivity index (χ1) is 13.4. The van der Waals surface area contributed by atoms with Crippen molar-refractivity contribution in [1.29, 1.82) is 0 Å². The summed E-state index contributed by atoms with van der Waals surface area (Å²) in [6.07, 6.45) is 1.30. The van der Waals surface area contributed by atoms with Gasteiger partial charge in [0.15, 0.2) is 9.84 Å². The van der Waals surface area contributed by atoms with Gasteiger partial charge in [0.25, 0.3) is 5.91 Å². The van der Waals surface area contributed by atoms with Crippen molar-refractivity contribution in [3.05, 3.63) is 65.5 Å². The third-order valence-corrected chi connectivity index (χ3v) is 6.50. The summed E-state index contributed by atoms with van der Waals surface area (Å²) in [6, 6.07) is 12.4. The second kappa shape index (κ2) is 8.73. The largest absolute Gasteiger partial charge is 0.494 e. The molecule has 0 bridgehead atoms. The van der Waals surface area contributed by atoms with Gasteiger partial charge in [-0.3, -0.25) is 4.79 Å². The first kappa shape index (κ1) is 20.3. The lowest BCUT2D eigenvalue weighted by atomic mass is 10.1. The molecule has 5 nitrogen and oxygen atoms in total. The zero-order valence-electron chi connectivity index (χ0n) is 15.8. The van der Waals surface area contributed by atoms with Gasteiger partial charge in [-0.2, -0.15) is 0 Å². The smallest absolute Gasteiger partial charge is 0.254 e. The number of sulfone groups is 1. The molecule has 7 heteroatoms. The van der Waals surface area contributed by atoms with Crippen molar-refractivity contribution in [3.8, 4) is 5.75 Å². The molecule has 3 rings (SSSR count). The van der Waals surface area contributed by atoms with Crippen LogP contribution >= 0.6 is 0 Å². The van der Waals surface area contributed by atoms with Gasteiger partial charge in [0.05, 0.1) is 18.1 Å². The van der Waals surface area contributed by atoms with Gasteiger partial charge in [-0.25, -0.2) is 12.8 Å². The van der Waals surface area contributed by atoms with E-state index in [1.165, 1.54) is 12.1 Å². The quantitative estimate of drug-likeness (QED) is 0.708. The molecule has 1 aliphatic heterocycles. The van der Waals surface area contributed by atoms with Crippen molar-refractivity contribution in [2.75, 3.05) is 18.1 Å². The van der Waals surface area contributed by atoms with E-state index < -0.39 is 15.9 Å². The lowest BCUT2D eigenvalue weighted by Crippen LogP contribution is -2.40. The highest BCUT2D eigenvalue weighted by Gasteiger charge is 2.35. The molecule has 150 valence electrons. The van der Waals surface area contributed by atoms with Gasteiger partial charge in [-0.1, -0.05) is 19.1 Å². The van der Waals surface area contributed by atoms with Crippen LogP contribution in [0.5, 0.6) is 5.75 Å². The molecule has 1 unspecified atom stereocenters. The van der Waals surface area contributed by atoms with Crippen LogP contribution in [-0.4, -0.2) is 43.4 Å². The second-order valence-electron chi connectivity index (χ2n) is 6.99. The number of benzene rings is 2. The summed E-state index contributed by atoms with van der Waals surface area (Å²) in [7, 11) is -3.15. The van der Waals surface area contributed by atoms with Crippen LogP contribution in [0, 0.1) is 5.82 Å². The van der Waals surface area contributed by atoms with Crippen molar-refractivity contribution in [1.82, 2.24) is 4.90 Å². The maximum absolute atomic E-state index is 13.2. The van der Waals surface area contributed by atoms with Crippen LogP contribution in [0.2, 0.25) is 0 Å². The Hall–Kier alpha value is -2.41. The SMILES string of the molecule is CCCOc1ccc(C(=O)N(Cc2ccc(F)cc2)C2CCS(=O)(=O)C2)cc1. The van der Waals surface area contributed by atoms with E-state index >= 15 is 0 Å². The van der Waals surface area contributed by atoms with E-state index in [0.29, 0.717) is 24.3 Å². The van der Waals surface area contributed by atoms with E-state index in [1.54, 1.807) is 41.3 Å². The summed E-state index contributed by atoms with van der Waals surface area (Å²) in [5.74, 6) is 0.125. The summed E-state index contributed by atoms with van der Waals surface area (Å²) < 4.78 is 42.6. The lowest BCUT2D eigenvalue weighted by molar-refractivity contribution is 0.0681. The maximum Gasteiger partial charge on any atom is 0.254 e. The molecule has 28 heavy (non-hydrogen) atoms. The molecule has 0 radical (unpaired) electrons. The van der Waals surface area contributed by atoms with Gasteiger partial charge in [0.1, 0.15) is 11.6 Å². The number of carbonyl (C=O) groups is 1. The third-order valence-electron chi connectivity index (χ3n) is 4.75. The number of carbonyl (C=O) groups excluding carboxylic acids is 1. The Labute approximate surface area is 165 Å². The van der Waals surface area contributed by atoms with Crippen LogP contribution in [0.15, 0.2) is 48.5 Å². The van der Waals surface area contributed by atoms with E-state index in [2.05, 4.69) is 0 Å². The fourth-order valence-corrected chi connectivity index (χ4v) is 4.98. The Bertz CT molecular complexity index is 910. The van der Waals surface area contributed by atoms with E-state index in [0.717, 1.165) is 12.0 Å². The molecule has 0 aliphatic carbocycles. The Morgan fingerprint density at radius 2 is 1.82 bits per heavy atom. The third kappa shape index (κ3) is 5.10. The van der Waals surface area contributed by atoms with Crippen molar-refractivity contribution >= 4 is 15.7 Å². The lowest BCUT2D eigenvalue weighted by Gasteiger charge is -2.28. The number of amides is 1. The molecule has 0 aromatic heterocycles. The molecule has 0 saturated carbocycles. The monoisotopic (exact) mass is 405 g/mol. The van der Waals surface area contributed by atoms with E-state index in [-0.39, 0.29) is 29.8 Å². The Morgan fingerprint density at radius 3 is 2.39 bits per heavy atom. The molecular formula is C21H24FNO4S. The van der Waals surface area contributed by atoms with Crippen molar-refractivity contribution in [2.24, 2.45) is 0 Å². The Morgan fingerprint density at radius 1 is 1.14 bits per heavy atom. The van der Waals surface area contributed by atoms with Crippen LogP contribution < -0.4 is 4.74 Å². The van der Waals surface area contributed by atoms with Crippen LogP contribution in [0.1, 0.15) is 35.7 Å². The first-order valence-electron chi connectivity index (χ1n) is 9.36. The fraction of sp³-hybridized carbons (Fsp3) is 0.381. The molecule has 1 amide bonds. The molecule has 1 heterocycles. The number of hydrogen-bond acceptors (Lipinski definition) is 4. The molecule has 1 saturated heterocycles.